The van der Waals surface area contributed by atoms with Gasteiger partial charge in [-0.25, -0.2) is 0 Å². The number of carbonyl (C=O) groups is 2. The average Bonchev–Trinajstić information content (AvgIpc) is 3.26. The van der Waals surface area contributed by atoms with E-state index < -0.39 is 0 Å². The molecule has 4 rings (SSSR count). The van der Waals surface area contributed by atoms with E-state index in [9.17, 15) is 9.59 Å². The van der Waals surface area contributed by atoms with E-state index in [1.807, 2.05) is 30.0 Å². The maximum Gasteiger partial charge on any atom is 0.310 e. The van der Waals surface area contributed by atoms with E-state index in [0.29, 0.717) is 31.9 Å². The number of likely N-dealkylation sites (tertiary alicyclic amines) is 1. The maximum atomic E-state index is 13.5. The summed E-state index contributed by atoms with van der Waals surface area (Å²) >= 11 is 5.20. The Balaban J connectivity index is 1.66. The van der Waals surface area contributed by atoms with E-state index in [4.69, 9.17) is 4.74 Å². The lowest BCUT2D eigenvalue weighted by molar-refractivity contribution is -0.149. The van der Waals surface area contributed by atoms with Crippen LogP contribution in [0.15, 0.2) is 40.2 Å². The second-order valence-electron chi connectivity index (χ2n) is 7.68. The van der Waals surface area contributed by atoms with Crippen molar-refractivity contribution in [3.05, 3.63) is 57.0 Å². The van der Waals surface area contributed by atoms with Gasteiger partial charge in [-0.15, -0.1) is 11.3 Å². The molecule has 3 heterocycles. The first-order chi connectivity index (χ1) is 14.5. The fourth-order valence-corrected chi connectivity index (χ4v) is 5.66. The van der Waals surface area contributed by atoms with Crippen LogP contribution in [0, 0.1) is 12.8 Å². The first-order valence-electron chi connectivity index (χ1n) is 10.3. The molecule has 1 aromatic carbocycles. The van der Waals surface area contributed by atoms with Gasteiger partial charge in [-0.3, -0.25) is 9.59 Å². The molecule has 0 saturated carbocycles. The fraction of sp³-hybridized carbons (Fsp3) is 0.391. The number of thiophene rings is 1. The van der Waals surface area contributed by atoms with Crippen molar-refractivity contribution < 1.29 is 14.3 Å². The first kappa shape index (κ1) is 21.1. The zero-order chi connectivity index (χ0) is 21.3. The molecule has 1 fully saturated rings. The lowest BCUT2D eigenvalue weighted by Crippen LogP contribution is -2.43. The predicted octanol–water partition coefficient (Wildman–Crippen LogP) is 5.24. The number of ether oxygens (including phenoxy) is 1. The van der Waals surface area contributed by atoms with Crippen molar-refractivity contribution in [1.82, 2.24) is 9.47 Å². The highest BCUT2D eigenvalue weighted by Gasteiger charge is 2.31. The Hall–Kier alpha value is -2.12. The van der Waals surface area contributed by atoms with E-state index in [-0.39, 0.29) is 17.8 Å². The number of hydrogen-bond acceptors (Lipinski definition) is 4. The minimum Gasteiger partial charge on any atom is -0.466 e. The highest BCUT2D eigenvalue weighted by Crippen LogP contribution is 2.34. The van der Waals surface area contributed by atoms with E-state index >= 15 is 0 Å². The first-order valence-corrected chi connectivity index (χ1v) is 11.9. The maximum absolute atomic E-state index is 13.5. The second kappa shape index (κ2) is 8.94. The van der Waals surface area contributed by atoms with Crippen molar-refractivity contribution >= 4 is 49.4 Å². The summed E-state index contributed by atoms with van der Waals surface area (Å²) in [7, 11) is 0. The molecule has 0 bridgehead atoms. The highest BCUT2D eigenvalue weighted by molar-refractivity contribution is 9.11. The summed E-state index contributed by atoms with van der Waals surface area (Å²) in [6.45, 7) is 6.00. The lowest BCUT2D eigenvalue weighted by Gasteiger charge is -2.31. The van der Waals surface area contributed by atoms with E-state index in [1.165, 1.54) is 11.1 Å². The molecule has 3 aromatic rings. The Morgan fingerprint density at radius 1 is 1.27 bits per heavy atom. The normalized spacial score (nSPS) is 16.8. The molecule has 1 unspecified atom stereocenters. The van der Waals surface area contributed by atoms with Crippen molar-refractivity contribution in [3.8, 4) is 0 Å². The SMILES string of the molecule is CCOC(=O)C1CCCN(C(=O)c2cc3sc(Br)cc3n2Cc2ccccc2C)C1. The number of benzene rings is 1. The van der Waals surface area contributed by atoms with Crippen LogP contribution in [0.1, 0.15) is 41.4 Å². The minimum absolute atomic E-state index is 0.0166. The Morgan fingerprint density at radius 2 is 2.07 bits per heavy atom. The van der Waals surface area contributed by atoms with Crippen molar-refractivity contribution in [3.63, 3.8) is 0 Å². The summed E-state index contributed by atoms with van der Waals surface area (Å²) in [5.74, 6) is -0.454. The Bertz CT molecular complexity index is 1090. The third-order valence-corrected chi connectivity index (χ3v) is 7.27. The van der Waals surface area contributed by atoms with Crippen molar-refractivity contribution in [1.29, 1.82) is 0 Å². The van der Waals surface area contributed by atoms with Gasteiger partial charge in [-0.05, 0) is 65.9 Å². The monoisotopic (exact) mass is 488 g/mol. The standard InChI is InChI=1S/C23H25BrN2O3S/c1-3-29-23(28)17-9-6-10-25(13-17)22(27)19-11-20-18(12-21(24)30-20)26(19)14-16-8-5-4-7-15(16)2/h4-5,7-8,11-12,17H,3,6,9-10,13-14H2,1-2H3. The summed E-state index contributed by atoms with van der Waals surface area (Å²) in [4.78, 5) is 27.5. The van der Waals surface area contributed by atoms with Gasteiger partial charge >= 0.3 is 5.97 Å². The third-order valence-electron chi connectivity index (χ3n) is 5.70. The van der Waals surface area contributed by atoms with Gasteiger partial charge in [-0.1, -0.05) is 24.3 Å². The number of rotatable bonds is 5. The molecule has 0 aliphatic carbocycles. The predicted molar refractivity (Wildman–Crippen MR) is 123 cm³/mol. The van der Waals surface area contributed by atoms with Crippen LogP contribution < -0.4 is 0 Å². The summed E-state index contributed by atoms with van der Waals surface area (Å²) in [5.41, 5.74) is 4.12. The molecule has 0 radical (unpaired) electrons. The summed E-state index contributed by atoms with van der Waals surface area (Å²) < 4.78 is 9.43. The molecule has 5 nitrogen and oxygen atoms in total. The smallest absolute Gasteiger partial charge is 0.310 e. The zero-order valence-electron chi connectivity index (χ0n) is 17.2. The van der Waals surface area contributed by atoms with Crippen molar-refractivity contribution in [2.45, 2.75) is 33.2 Å². The molecule has 158 valence electrons. The molecule has 1 amide bonds. The molecular formula is C23H25BrN2O3S. The van der Waals surface area contributed by atoms with Crippen LogP contribution in [0.2, 0.25) is 0 Å². The molecule has 1 atom stereocenters. The molecule has 1 aliphatic heterocycles. The van der Waals surface area contributed by atoms with Crippen LogP contribution >= 0.6 is 27.3 Å². The lowest BCUT2D eigenvalue weighted by atomic mass is 9.98. The number of carbonyl (C=O) groups excluding carboxylic acids is 2. The minimum atomic E-state index is -0.238. The van der Waals surface area contributed by atoms with Gasteiger partial charge in [0.15, 0.2) is 0 Å². The number of aromatic nitrogens is 1. The zero-order valence-corrected chi connectivity index (χ0v) is 19.6. The van der Waals surface area contributed by atoms with Gasteiger partial charge in [0.2, 0.25) is 0 Å². The van der Waals surface area contributed by atoms with Gasteiger partial charge < -0.3 is 14.2 Å². The Kier molecular flexibility index (Phi) is 6.29. The van der Waals surface area contributed by atoms with Gasteiger partial charge in [-0.2, -0.15) is 0 Å². The van der Waals surface area contributed by atoms with Crippen molar-refractivity contribution in [2.24, 2.45) is 5.92 Å². The number of piperidine rings is 1. The van der Waals surface area contributed by atoms with E-state index in [0.717, 1.165) is 26.8 Å². The average molecular weight is 489 g/mol. The molecule has 1 saturated heterocycles. The van der Waals surface area contributed by atoms with Gasteiger partial charge in [0.1, 0.15) is 5.69 Å². The van der Waals surface area contributed by atoms with Gasteiger partial charge in [0, 0.05) is 19.6 Å². The fourth-order valence-electron chi connectivity index (χ4n) is 4.09. The molecule has 30 heavy (non-hydrogen) atoms. The van der Waals surface area contributed by atoms with E-state index in [2.05, 4.69) is 45.6 Å². The van der Waals surface area contributed by atoms with Crippen LogP contribution in [-0.4, -0.2) is 41.0 Å². The highest BCUT2D eigenvalue weighted by atomic mass is 79.9. The Morgan fingerprint density at radius 3 is 2.83 bits per heavy atom. The van der Waals surface area contributed by atoms with Crippen LogP contribution in [0.3, 0.4) is 0 Å². The summed E-state index contributed by atoms with van der Waals surface area (Å²) in [6, 6.07) is 12.3. The topological polar surface area (TPSA) is 51.5 Å². The summed E-state index contributed by atoms with van der Waals surface area (Å²) in [6.07, 6.45) is 1.59. The van der Waals surface area contributed by atoms with Gasteiger partial charge in [0.05, 0.1) is 26.5 Å². The van der Waals surface area contributed by atoms with Crippen LogP contribution in [0.4, 0.5) is 0 Å². The van der Waals surface area contributed by atoms with Crippen LogP contribution in [-0.2, 0) is 16.1 Å². The molecule has 2 aromatic heterocycles. The number of amides is 1. The number of halogens is 1. The number of aryl methyl sites for hydroxylation is 1. The van der Waals surface area contributed by atoms with Crippen LogP contribution in [0.5, 0.6) is 0 Å². The quantitative estimate of drug-likeness (QED) is 0.461. The molecular weight excluding hydrogens is 464 g/mol. The van der Waals surface area contributed by atoms with Gasteiger partial charge in [0.25, 0.3) is 5.91 Å². The number of esters is 1. The van der Waals surface area contributed by atoms with E-state index in [1.54, 1.807) is 11.3 Å². The summed E-state index contributed by atoms with van der Waals surface area (Å²) in [5, 5.41) is 0. The number of nitrogens with zero attached hydrogens (tertiary/aromatic N) is 2. The Labute approximate surface area is 188 Å². The molecule has 7 heteroatoms. The van der Waals surface area contributed by atoms with Crippen molar-refractivity contribution in [2.75, 3.05) is 19.7 Å². The molecule has 0 N–H and O–H groups in total. The molecule has 1 aliphatic rings. The van der Waals surface area contributed by atoms with Crippen LogP contribution in [0.25, 0.3) is 10.2 Å². The number of fused-ring (bicyclic) bond motifs is 1. The largest absolute Gasteiger partial charge is 0.466 e. The molecule has 0 spiro atoms. The second-order valence-corrected chi connectivity index (χ2v) is 10.1. The third kappa shape index (κ3) is 4.18. The number of hydrogen-bond donors (Lipinski definition) is 0.